The quantitative estimate of drug-likeness (QED) is 0.277. The smallest absolute Gasteiger partial charge is 0.344 e. The van der Waals surface area contributed by atoms with Gasteiger partial charge in [-0.25, -0.2) is 9.79 Å². The Morgan fingerprint density at radius 2 is 1.91 bits per heavy atom. The lowest BCUT2D eigenvalue weighted by atomic mass is 10.1. The maximum atomic E-state index is 12.3. The SMILES string of the molecule is CCOC(=O)C1=C(O)/C(=C/c2ccc(OCc3ccc(I)cc3)c(Br)c2)SC1=NC(=O)CC. The van der Waals surface area contributed by atoms with E-state index in [1.807, 2.05) is 42.5 Å². The zero-order valence-corrected chi connectivity index (χ0v) is 22.5. The minimum Gasteiger partial charge on any atom is -0.506 e. The lowest BCUT2D eigenvalue weighted by Crippen LogP contribution is -2.14. The summed E-state index contributed by atoms with van der Waals surface area (Å²) in [4.78, 5) is 28.5. The number of ether oxygens (including phenoxy) is 2. The summed E-state index contributed by atoms with van der Waals surface area (Å²) in [5, 5.41) is 10.8. The number of hydrogen-bond donors (Lipinski definition) is 1. The third kappa shape index (κ3) is 6.70. The zero-order valence-electron chi connectivity index (χ0n) is 17.9. The number of carbonyl (C=O) groups excluding carboxylic acids is 2. The monoisotopic (exact) mass is 641 g/mol. The molecule has 0 spiro atoms. The Labute approximate surface area is 218 Å². The van der Waals surface area contributed by atoms with Gasteiger partial charge in [-0.05, 0) is 86.9 Å². The molecule has 0 aliphatic carbocycles. The molecule has 2 aromatic rings. The van der Waals surface area contributed by atoms with E-state index < -0.39 is 5.97 Å². The maximum absolute atomic E-state index is 12.3. The molecule has 0 aromatic heterocycles. The van der Waals surface area contributed by atoms with Gasteiger partial charge in [0, 0.05) is 9.99 Å². The highest BCUT2D eigenvalue weighted by Crippen LogP contribution is 2.40. The number of thioether (sulfide) groups is 1. The highest BCUT2D eigenvalue weighted by Gasteiger charge is 2.33. The van der Waals surface area contributed by atoms with Crippen molar-refractivity contribution in [2.45, 2.75) is 26.9 Å². The van der Waals surface area contributed by atoms with E-state index in [9.17, 15) is 14.7 Å². The molecule has 2 aromatic carbocycles. The van der Waals surface area contributed by atoms with Gasteiger partial charge in [-0.3, -0.25) is 4.79 Å². The van der Waals surface area contributed by atoms with Gasteiger partial charge in [0.25, 0.3) is 0 Å². The molecule has 6 nitrogen and oxygen atoms in total. The van der Waals surface area contributed by atoms with Gasteiger partial charge >= 0.3 is 5.97 Å². The Morgan fingerprint density at radius 1 is 1.18 bits per heavy atom. The van der Waals surface area contributed by atoms with Crippen molar-refractivity contribution < 1.29 is 24.2 Å². The summed E-state index contributed by atoms with van der Waals surface area (Å²) < 4.78 is 12.8. The summed E-state index contributed by atoms with van der Waals surface area (Å²) >= 11 is 6.84. The number of carbonyl (C=O) groups is 2. The molecule has 0 unspecified atom stereocenters. The van der Waals surface area contributed by atoms with Crippen LogP contribution in [0.1, 0.15) is 31.4 Å². The number of hydrogen-bond acceptors (Lipinski definition) is 6. The molecule has 1 amide bonds. The molecule has 3 rings (SSSR count). The number of esters is 1. The average molecular weight is 642 g/mol. The van der Waals surface area contributed by atoms with E-state index >= 15 is 0 Å². The minimum atomic E-state index is -0.714. The molecule has 0 saturated heterocycles. The molecule has 1 aliphatic heterocycles. The molecule has 0 saturated carbocycles. The van der Waals surface area contributed by atoms with Crippen molar-refractivity contribution in [2.24, 2.45) is 4.99 Å². The molecular weight excluding hydrogens is 621 g/mol. The van der Waals surface area contributed by atoms with E-state index in [-0.39, 0.29) is 35.3 Å². The van der Waals surface area contributed by atoms with E-state index in [4.69, 9.17) is 9.47 Å². The van der Waals surface area contributed by atoms with Crippen LogP contribution in [-0.4, -0.2) is 28.6 Å². The molecule has 0 bridgehead atoms. The maximum Gasteiger partial charge on any atom is 0.344 e. The van der Waals surface area contributed by atoms with Gasteiger partial charge in [0.05, 0.1) is 16.0 Å². The number of aliphatic hydroxyl groups excluding tert-OH is 1. The summed E-state index contributed by atoms with van der Waals surface area (Å²) in [6, 6.07) is 13.6. The van der Waals surface area contributed by atoms with Crippen LogP contribution in [0.4, 0.5) is 0 Å². The molecule has 33 heavy (non-hydrogen) atoms. The number of halogens is 2. The lowest BCUT2D eigenvalue weighted by molar-refractivity contribution is -0.138. The van der Waals surface area contributed by atoms with Crippen LogP contribution < -0.4 is 4.74 Å². The van der Waals surface area contributed by atoms with Crippen molar-refractivity contribution in [2.75, 3.05) is 6.61 Å². The van der Waals surface area contributed by atoms with E-state index in [0.717, 1.165) is 30.9 Å². The summed E-state index contributed by atoms with van der Waals surface area (Å²) in [5.41, 5.74) is 1.74. The molecule has 0 fully saturated rings. The van der Waals surface area contributed by atoms with E-state index in [1.54, 1.807) is 19.9 Å². The minimum absolute atomic E-state index is 0.0913. The largest absolute Gasteiger partial charge is 0.506 e. The van der Waals surface area contributed by atoms with Crippen LogP contribution in [-0.2, 0) is 20.9 Å². The number of rotatable bonds is 7. The van der Waals surface area contributed by atoms with Crippen molar-refractivity contribution in [1.82, 2.24) is 0 Å². The fraction of sp³-hybridized carbons (Fsp3) is 0.208. The standard InChI is InChI=1S/C24H21BrINO5S/c1-3-20(28)27-23-21(24(30)31-4-2)22(29)19(33-23)12-15-7-10-18(17(25)11-15)32-13-14-5-8-16(26)9-6-14/h5-12,29H,3-4,13H2,1-2H3/b19-12-,27-23?. The number of benzene rings is 2. The topological polar surface area (TPSA) is 85.2 Å². The van der Waals surface area contributed by atoms with E-state index in [1.165, 1.54) is 0 Å². The molecule has 172 valence electrons. The average Bonchev–Trinajstić information content (AvgIpc) is 3.08. The van der Waals surface area contributed by atoms with Gasteiger partial charge in [-0.15, -0.1) is 0 Å². The van der Waals surface area contributed by atoms with E-state index in [2.05, 4.69) is 43.5 Å². The first-order chi connectivity index (χ1) is 15.8. The highest BCUT2D eigenvalue weighted by molar-refractivity contribution is 14.1. The van der Waals surface area contributed by atoms with Crippen LogP contribution in [0.15, 0.2) is 68.2 Å². The van der Waals surface area contributed by atoms with Crippen molar-refractivity contribution in [3.8, 4) is 5.75 Å². The normalized spacial score (nSPS) is 15.9. The first-order valence-electron chi connectivity index (χ1n) is 10.1. The van der Waals surface area contributed by atoms with Crippen LogP contribution in [0.5, 0.6) is 5.75 Å². The Kier molecular flexibility index (Phi) is 9.16. The predicted octanol–water partition coefficient (Wildman–Crippen LogP) is 6.43. The summed E-state index contributed by atoms with van der Waals surface area (Å²) in [5.74, 6) is -0.673. The highest BCUT2D eigenvalue weighted by atomic mass is 127. The third-order valence-electron chi connectivity index (χ3n) is 4.46. The van der Waals surface area contributed by atoms with Crippen molar-refractivity contribution in [3.05, 3.63) is 77.9 Å². The van der Waals surface area contributed by atoms with Gasteiger partial charge in [0.15, 0.2) is 0 Å². The van der Waals surface area contributed by atoms with Crippen molar-refractivity contribution in [1.29, 1.82) is 0 Å². The molecule has 1 N–H and O–H groups in total. The Bertz CT molecular complexity index is 1160. The Hall–Kier alpha value is -2.11. The Morgan fingerprint density at radius 3 is 2.55 bits per heavy atom. The number of nitrogens with zero attached hydrogens (tertiary/aromatic N) is 1. The fourth-order valence-electron chi connectivity index (χ4n) is 2.80. The predicted molar refractivity (Wildman–Crippen MR) is 142 cm³/mol. The zero-order chi connectivity index (χ0) is 24.0. The summed E-state index contributed by atoms with van der Waals surface area (Å²) in [6.07, 6.45) is 1.91. The summed E-state index contributed by atoms with van der Waals surface area (Å²) in [6.45, 7) is 3.92. The number of aliphatic hydroxyl groups is 1. The first kappa shape index (κ1) is 25.5. The molecular formula is C24H21BrINO5S. The number of amides is 1. The second kappa shape index (κ2) is 11.8. The second-order valence-corrected chi connectivity index (χ2v) is 9.95. The van der Waals surface area contributed by atoms with Crippen molar-refractivity contribution in [3.63, 3.8) is 0 Å². The van der Waals surface area contributed by atoms with Crippen LogP contribution in [0.25, 0.3) is 6.08 Å². The van der Waals surface area contributed by atoms with Crippen LogP contribution in [0.3, 0.4) is 0 Å². The first-order valence-corrected chi connectivity index (χ1v) is 12.8. The van der Waals surface area contributed by atoms with Gasteiger partial charge < -0.3 is 14.6 Å². The number of aliphatic imine (C=N–C) groups is 1. The molecule has 0 radical (unpaired) electrons. The van der Waals surface area contributed by atoms with Crippen LogP contribution >= 0.6 is 50.3 Å². The molecule has 1 aliphatic rings. The van der Waals surface area contributed by atoms with E-state index in [0.29, 0.717) is 17.3 Å². The second-order valence-electron chi connectivity index (χ2n) is 6.82. The lowest BCUT2D eigenvalue weighted by Gasteiger charge is -2.09. The Balaban J connectivity index is 1.83. The fourth-order valence-corrected chi connectivity index (χ4v) is 4.70. The van der Waals surface area contributed by atoms with Crippen LogP contribution in [0.2, 0.25) is 0 Å². The summed E-state index contributed by atoms with van der Waals surface area (Å²) in [7, 11) is 0. The molecule has 1 heterocycles. The van der Waals surface area contributed by atoms with Gasteiger partial charge in [0.1, 0.15) is 28.7 Å². The van der Waals surface area contributed by atoms with Crippen LogP contribution in [0, 0.1) is 3.57 Å². The van der Waals surface area contributed by atoms with Crippen molar-refractivity contribution >= 4 is 73.3 Å². The van der Waals surface area contributed by atoms with Gasteiger partial charge in [-0.2, -0.15) is 0 Å². The molecule has 9 heteroatoms. The van der Waals surface area contributed by atoms with Gasteiger partial charge in [-0.1, -0.05) is 36.9 Å². The van der Waals surface area contributed by atoms with Gasteiger partial charge in [0.2, 0.25) is 5.91 Å². The molecule has 0 atom stereocenters. The third-order valence-corrected chi connectivity index (χ3v) is 6.82.